The lowest BCUT2D eigenvalue weighted by molar-refractivity contribution is -0.141. The first-order valence-electron chi connectivity index (χ1n) is 6.38. The van der Waals surface area contributed by atoms with Gasteiger partial charge in [-0.05, 0) is 6.42 Å². The van der Waals surface area contributed by atoms with E-state index in [0.717, 1.165) is 6.42 Å². The van der Waals surface area contributed by atoms with E-state index in [2.05, 4.69) is 15.6 Å². The summed E-state index contributed by atoms with van der Waals surface area (Å²) in [6.07, 6.45) is 3.99. The highest BCUT2D eigenvalue weighted by atomic mass is 32.2. The van der Waals surface area contributed by atoms with Crippen molar-refractivity contribution in [2.75, 3.05) is 12.3 Å². The van der Waals surface area contributed by atoms with Crippen LogP contribution in [-0.4, -0.2) is 60.7 Å². The summed E-state index contributed by atoms with van der Waals surface area (Å²) in [4.78, 5) is 24.8. The van der Waals surface area contributed by atoms with Crippen LogP contribution in [0.15, 0.2) is 12.4 Å². The number of thioether (sulfide) groups is 1. The van der Waals surface area contributed by atoms with E-state index in [1.54, 1.807) is 17.1 Å². The summed E-state index contributed by atoms with van der Waals surface area (Å²) in [5.74, 6) is -0.524. The second kappa shape index (κ2) is 6.60. The number of nitrogens with one attached hydrogen (secondary N) is 1. The summed E-state index contributed by atoms with van der Waals surface area (Å²) < 4.78 is 1.60. The molecule has 2 N–H and O–H groups in total. The standard InChI is InChI=1S/C11H17N5O3S/c1-2-9-16(8(7-20-9)10(17)18)11(19)12-3-5-15-6-4-13-14-15/h4,6,8-9H,2-3,5,7H2,1H3,(H,12,19)(H,17,18). The number of carbonyl (C=O) groups is 2. The maximum absolute atomic E-state index is 12.2. The number of rotatable bonds is 5. The molecule has 110 valence electrons. The van der Waals surface area contributed by atoms with Gasteiger partial charge in [-0.25, -0.2) is 9.59 Å². The van der Waals surface area contributed by atoms with Crippen LogP contribution in [0.2, 0.25) is 0 Å². The number of nitrogens with zero attached hydrogens (tertiary/aromatic N) is 4. The molecule has 1 aromatic rings. The lowest BCUT2D eigenvalue weighted by atomic mass is 10.3. The summed E-state index contributed by atoms with van der Waals surface area (Å²) in [6.45, 7) is 2.82. The number of aliphatic carboxylic acids is 1. The molecule has 2 heterocycles. The Morgan fingerprint density at radius 1 is 1.55 bits per heavy atom. The van der Waals surface area contributed by atoms with Gasteiger partial charge in [-0.2, -0.15) is 0 Å². The molecular weight excluding hydrogens is 282 g/mol. The van der Waals surface area contributed by atoms with Gasteiger partial charge in [-0.3, -0.25) is 9.58 Å². The minimum Gasteiger partial charge on any atom is -0.480 e. The SMILES string of the molecule is CCC1SCC(C(=O)O)N1C(=O)NCCn1ccnn1. The zero-order valence-corrected chi connectivity index (χ0v) is 11.9. The normalized spacial score (nSPS) is 21.9. The molecule has 2 amide bonds. The van der Waals surface area contributed by atoms with Crippen molar-refractivity contribution in [2.24, 2.45) is 0 Å². The molecule has 0 radical (unpaired) electrons. The van der Waals surface area contributed by atoms with E-state index in [4.69, 9.17) is 5.11 Å². The van der Waals surface area contributed by atoms with Gasteiger partial charge in [0.25, 0.3) is 0 Å². The largest absolute Gasteiger partial charge is 0.480 e. The number of amides is 2. The number of carboxylic acids is 1. The number of hydrogen-bond acceptors (Lipinski definition) is 5. The van der Waals surface area contributed by atoms with Crippen LogP contribution in [0.1, 0.15) is 13.3 Å². The van der Waals surface area contributed by atoms with Crippen LogP contribution in [0.4, 0.5) is 4.79 Å². The van der Waals surface area contributed by atoms with Gasteiger partial charge in [-0.1, -0.05) is 12.1 Å². The molecule has 0 aromatic carbocycles. The van der Waals surface area contributed by atoms with Crippen molar-refractivity contribution in [2.45, 2.75) is 31.3 Å². The predicted molar refractivity (Wildman–Crippen MR) is 73.2 cm³/mol. The topological polar surface area (TPSA) is 100 Å². The van der Waals surface area contributed by atoms with Crippen LogP contribution >= 0.6 is 11.8 Å². The Hall–Kier alpha value is -1.77. The number of urea groups is 1. The van der Waals surface area contributed by atoms with Crippen LogP contribution in [0.3, 0.4) is 0 Å². The van der Waals surface area contributed by atoms with Crippen LogP contribution in [-0.2, 0) is 11.3 Å². The second-order valence-corrected chi connectivity index (χ2v) is 5.57. The average molecular weight is 299 g/mol. The lowest BCUT2D eigenvalue weighted by Gasteiger charge is -2.26. The van der Waals surface area contributed by atoms with Gasteiger partial charge >= 0.3 is 12.0 Å². The Bertz CT molecular complexity index is 467. The number of carboxylic acid groups (broad SMARTS) is 1. The third-order valence-corrected chi connectivity index (χ3v) is 4.50. The summed E-state index contributed by atoms with van der Waals surface area (Å²) in [6, 6.07) is -1.09. The predicted octanol–water partition coefficient (Wildman–Crippen LogP) is 0.226. The van der Waals surface area contributed by atoms with Gasteiger partial charge in [0.1, 0.15) is 6.04 Å². The Morgan fingerprint density at radius 3 is 2.95 bits per heavy atom. The lowest BCUT2D eigenvalue weighted by Crippen LogP contribution is -2.50. The average Bonchev–Trinajstić information content (AvgIpc) is 3.07. The molecule has 20 heavy (non-hydrogen) atoms. The Kier molecular flexibility index (Phi) is 4.83. The van der Waals surface area contributed by atoms with Crippen LogP contribution in [0, 0.1) is 0 Å². The molecule has 9 heteroatoms. The Labute approximate surface area is 120 Å². The monoisotopic (exact) mass is 299 g/mol. The molecular formula is C11H17N5O3S. The molecule has 1 aliphatic rings. The van der Waals surface area contributed by atoms with Crippen molar-refractivity contribution in [3.63, 3.8) is 0 Å². The van der Waals surface area contributed by atoms with E-state index in [1.807, 2.05) is 6.92 Å². The molecule has 1 saturated heterocycles. The molecule has 2 rings (SSSR count). The molecule has 2 atom stereocenters. The summed E-state index contributed by atoms with van der Waals surface area (Å²) in [5.41, 5.74) is 0. The fourth-order valence-electron chi connectivity index (χ4n) is 2.06. The van der Waals surface area contributed by atoms with E-state index in [-0.39, 0.29) is 11.4 Å². The first kappa shape index (κ1) is 14.6. The van der Waals surface area contributed by atoms with Gasteiger partial charge in [-0.15, -0.1) is 16.9 Å². The number of hydrogen-bond donors (Lipinski definition) is 2. The van der Waals surface area contributed by atoms with Crippen LogP contribution < -0.4 is 5.32 Å². The second-order valence-electron chi connectivity index (χ2n) is 4.36. The quantitative estimate of drug-likeness (QED) is 0.807. The zero-order valence-electron chi connectivity index (χ0n) is 11.1. The van der Waals surface area contributed by atoms with Crippen molar-refractivity contribution in [3.05, 3.63) is 12.4 Å². The third-order valence-electron chi connectivity index (χ3n) is 3.05. The molecule has 0 saturated carbocycles. The highest BCUT2D eigenvalue weighted by Crippen LogP contribution is 2.31. The van der Waals surface area contributed by atoms with Crippen LogP contribution in [0.25, 0.3) is 0 Å². The number of carbonyl (C=O) groups excluding carboxylic acids is 1. The molecule has 1 aliphatic heterocycles. The molecule has 8 nitrogen and oxygen atoms in total. The maximum atomic E-state index is 12.2. The summed E-state index contributed by atoms with van der Waals surface area (Å²) >= 11 is 1.50. The zero-order chi connectivity index (χ0) is 14.5. The van der Waals surface area contributed by atoms with Gasteiger partial charge in [0.2, 0.25) is 0 Å². The van der Waals surface area contributed by atoms with E-state index in [0.29, 0.717) is 18.8 Å². The highest BCUT2D eigenvalue weighted by molar-refractivity contribution is 8.00. The maximum Gasteiger partial charge on any atom is 0.327 e. The molecule has 1 fully saturated rings. The van der Waals surface area contributed by atoms with Crippen molar-refractivity contribution in [3.8, 4) is 0 Å². The highest BCUT2D eigenvalue weighted by Gasteiger charge is 2.40. The van der Waals surface area contributed by atoms with Crippen molar-refractivity contribution in [1.29, 1.82) is 0 Å². The third kappa shape index (κ3) is 3.21. The Morgan fingerprint density at radius 2 is 2.35 bits per heavy atom. The molecule has 0 bridgehead atoms. The van der Waals surface area contributed by atoms with E-state index in [9.17, 15) is 9.59 Å². The van der Waals surface area contributed by atoms with E-state index in [1.165, 1.54) is 16.7 Å². The van der Waals surface area contributed by atoms with Crippen molar-refractivity contribution < 1.29 is 14.7 Å². The first-order chi connectivity index (χ1) is 9.63. The molecule has 1 aromatic heterocycles. The molecule has 0 aliphatic carbocycles. The van der Waals surface area contributed by atoms with Gasteiger partial charge in [0.05, 0.1) is 18.1 Å². The van der Waals surface area contributed by atoms with E-state index >= 15 is 0 Å². The fourth-order valence-corrected chi connectivity index (χ4v) is 3.41. The fraction of sp³-hybridized carbons (Fsp3) is 0.636. The summed E-state index contributed by atoms with van der Waals surface area (Å²) in [5, 5.41) is 19.3. The Balaban J connectivity index is 1.90. The summed E-state index contributed by atoms with van der Waals surface area (Å²) in [7, 11) is 0. The minimum atomic E-state index is -0.958. The van der Waals surface area contributed by atoms with Crippen molar-refractivity contribution >= 4 is 23.8 Å². The molecule has 2 unspecified atom stereocenters. The van der Waals surface area contributed by atoms with E-state index < -0.39 is 12.0 Å². The van der Waals surface area contributed by atoms with Gasteiger partial charge < -0.3 is 10.4 Å². The van der Waals surface area contributed by atoms with Gasteiger partial charge in [0.15, 0.2) is 0 Å². The minimum absolute atomic E-state index is 0.0810. The molecule has 0 spiro atoms. The van der Waals surface area contributed by atoms with Crippen molar-refractivity contribution in [1.82, 2.24) is 25.2 Å². The van der Waals surface area contributed by atoms with Gasteiger partial charge in [0, 0.05) is 18.5 Å². The van der Waals surface area contributed by atoms with Crippen LogP contribution in [0.5, 0.6) is 0 Å². The first-order valence-corrected chi connectivity index (χ1v) is 7.43. The smallest absolute Gasteiger partial charge is 0.327 e. The number of aromatic nitrogens is 3.